The van der Waals surface area contributed by atoms with Crippen molar-refractivity contribution in [1.29, 1.82) is 0 Å². The van der Waals surface area contributed by atoms with Crippen molar-refractivity contribution in [2.24, 2.45) is 5.10 Å². The largest absolute Gasteiger partial charge is 0.480 e. The van der Waals surface area contributed by atoms with Gasteiger partial charge in [0.05, 0.1) is 19.0 Å². The van der Waals surface area contributed by atoms with Crippen LogP contribution in [0.1, 0.15) is 21.5 Å². The zero-order valence-corrected chi connectivity index (χ0v) is 24.5. The van der Waals surface area contributed by atoms with Crippen LogP contribution in [0.15, 0.2) is 71.1 Å². The van der Waals surface area contributed by atoms with Gasteiger partial charge in [0.1, 0.15) is 5.75 Å². The first kappa shape index (κ1) is 27.0. The number of rotatable bonds is 9. The molecule has 3 aromatic carbocycles. The average Bonchev–Trinajstić information content (AvgIpc) is 3.33. The molecule has 37 heavy (non-hydrogen) atoms. The summed E-state index contributed by atoms with van der Waals surface area (Å²) in [5.74, 6) is -0.879. The van der Waals surface area contributed by atoms with Crippen LogP contribution in [0.2, 0.25) is 0 Å². The van der Waals surface area contributed by atoms with Crippen molar-refractivity contribution in [2.75, 3.05) is 11.9 Å². The average molecular weight is 738 g/mol. The molecule has 4 aromatic rings. The highest BCUT2D eigenvalue weighted by molar-refractivity contribution is 14.1. The molecule has 1 heterocycles. The van der Waals surface area contributed by atoms with Gasteiger partial charge in [-0.2, -0.15) is 5.10 Å². The Morgan fingerprint density at radius 3 is 2.41 bits per heavy atom. The van der Waals surface area contributed by atoms with Crippen LogP contribution in [0, 0.1) is 14.1 Å². The molecule has 1 aromatic heterocycles. The highest BCUT2D eigenvalue weighted by Crippen LogP contribution is 2.29. The summed E-state index contributed by atoms with van der Waals surface area (Å²) in [6, 6.07) is 18.9. The van der Waals surface area contributed by atoms with Crippen LogP contribution >= 0.6 is 56.5 Å². The maximum absolute atomic E-state index is 12.5. The van der Waals surface area contributed by atoms with Crippen LogP contribution in [0.25, 0.3) is 11.3 Å². The van der Waals surface area contributed by atoms with Gasteiger partial charge < -0.3 is 15.2 Å². The van der Waals surface area contributed by atoms with E-state index in [1.165, 1.54) is 23.1 Å². The molecule has 0 radical (unpaired) electrons. The fourth-order valence-electron chi connectivity index (χ4n) is 3.17. The van der Waals surface area contributed by atoms with Gasteiger partial charge in [-0.3, -0.25) is 4.79 Å². The van der Waals surface area contributed by atoms with Gasteiger partial charge in [0.15, 0.2) is 11.7 Å². The molecule has 0 fully saturated rings. The molecule has 0 unspecified atom stereocenters. The first-order valence-corrected chi connectivity index (χ1v) is 13.9. The Morgan fingerprint density at radius 2 is 1.76 bits per heavy atom. The summed E-state index contributed by atoms with van der Waals surface area (Å²) in [5.41, 5.74) is 7.64. The second-order valence-corrected chi connectivity index (χ2v) is 11.0. The van der Waals surface area contributed by atoms with Gasteiger partial charge in [-0.15, -0.1) is 11.3 Å². The molecule has 4 rings (SSSR count). The second-order valence-electron chi connectivity index (χ2n) is 7.80. The molecule has 0 aliphatic heterocycles. The fourth-order valence-corrected chi connectivity index (χ4v) is 6.04. The lowest BCUT2D eigenvalue weighted by atomic mass is 10.1. The number of nitrogens with zero attached hydrogens (tertiary/aromatic N) is 2. The Morgan fingerprint density at radius 1 is 1.08 bits per heavy atom. The minimum atomic E-state index is -1.04. The number of carbonyl (C=O) groups excluding carboxylic acids is 1. The third-order valence-corrected chi connectivity index (χ3v) is 7.35. The molecular formula is C26H20I2N4O4S. The van der Waals surface area contributed by atoms with Gasteiger partial charge >= 0.3 is 5.97 Å². The highest BCUT2D eigenvalue weighted by atomic mass is 127. The number of carboxylic acids is 1. The smallest absolute Gasteiger partial charge is 0.341 e. The predicted octanol–water partition coefficient (Wildman–Crippen LogP) is 6.30. The normalized spacial score (nSPS) is 10.9. The topological polar surface area (TPSA) is 113 Å². The molecule has 0 saturated carbocycles. The summed E-state index contributed by atoms with van der Waals surface area (Å²) in [5, 5.41) is 18.9. The number of thiazole rings is 1. The Kier molecular flexibility index (Phi) is 9.10. The van der Waals surface area contributed by atoms with Crippen molar-refractivity contribution in [1.82, 2.24) is 10.4 Å². The van der Waals surface area contributed by atoms with E-state index < -0.39 is 12.6 Å². The number of aliphatic carboxylic acids is 1. The van der Waals surface area contributed by atoms with Gasteiger partial charge in [-0.05, 0) is 94.1 Å². The van der Waals surface area contributed by atoms with E-state index in [9.17, 15) is 9.59 Å². The summed E-state index contributed by atoms with van der Waals surface area (Å²) in [6.45, 7) is 1.63. The second kappa shape index (κ2) is 12.5. The highest BCUT2D eigenvalue weighted by Gasteiger charge is 2.11. The van der Waals surface area contributed by atoms with E-state index in [4.69, 9.17) is 9.84 Å². The SMILES string of the molecule is Cc1ccc(Nc2nc(-c3ccc(C(=O)N/N=C\c4cc(I)c(OCC(=O)O)c(I)c4)cc3)cs2)cc1. The molecule has 0 aliphatic carbocycles. The fraction of sp³-hybridized carbons (Fsp3) is 0.0769. The zero-order chi connectivity index (χ0) is 26.4. The number of carboxylic acid groups (broad SMARTS) is 1. The van der Waals surface area contributed by atoms with Gasteiger partial charge in [0.2, 0.25) is 0 Å². The lowest BCUT2D eigenvalue weighted by molar-refractivity contribution is -0.139. The number of aryl methyl sites for hydroxylation is 1. The molecule has 8 nitrogen and oxygen atoms in total. The van der Waals surface area contributed by atoms with Crippen LogP contribution < -0.4 is 15.5 Å². The number of carbonyl (C=O) groups is 2. The molecule has 0 atom stereocenters. The summed E-state index contributed by atoms with van der Waals surface area (Å²) >= 11 is 5.65. The van der Waals surface area contributed by atoms with Crippen LogP contribution in [0.4, 0.5) is 10.8 Å². The van der Waals surface area contributed by atoms with E-state index in [1.54, 1.807) is 24.3 Å². The Balaban J connectivity index is 1.35. The first-order chi connectivity index (χ1) is 17.8. The number of nitrogens with one attached hydrogen (secondary N) is 2. The monoisotopic (exact) mass is 738 g/mol. The Bertz CT molecular complexity index is 1430. The number of halogens is 2. The van der Waals surface area contributed by atoms with Crippen LogP contribution in [0.5, 0.6) is 5.75 Å². The van der Waals surface area contributed by atoms with E-state index in [0.29, 0.717) is 11.3 Å². The molecule has 0 aliphatic rings. The minimum Gasteiger partial charge on any atom is -0.480 e. The molecule has 0 saturated heterocycles. The quantitative estimate of drug-likeness (QED) is 0.106. The summed E-state index contributed by atoms with van der Waals surface area (Å²) in [4.78, 5) is 27.9. The van der Waals surface area contributed by atoms with E-state index in [-0.39, 0.29) is 5.91 Å². The Labute approximate surface area is 244 Å². The number of ether oxygens (including phenoxy) is 1. The third-order valence-electron chi connectivity index (χ3n) is 4.99. The van der Waals surface area contributed by atoms with Gasteiger partial charge in [0, 0.05) is 22.2 Å². The van der Waals surface area contributed by atoms with Crippen LogP contribution in [-0.4, -0.2) is 34.8 Å². The third kappa shape index (κ3) is 7.49. The van der Waals surface area contributed by atoms with E-state index in [0.717, 1.165) is 34.8 Å². The number of benzene rings is 3. The number of hydrazone groups is 1. The number of amides is 1. The van der Waals surface area contributed by atoms with Gasteiger partial charge in [0.25, 0.3) is 5.91 Å². The number of aromatic nitrogens is 1. The van der Waals surface area contributed by atoms with Crippen molar-refractivity contribution in [3.8, 4) is 17.0 Å². The summed E-state index contributed by atoms with van der Waals surface area (Å²) < 4.78 is 6.81. The molecule has 0 spiro atoms. The van der Waals surface area contributed by atoms with Crippen molar-refractivity contribution in [3.63, 3.8) is 0 Å². The Hall–Kier alpha value is -3.04. The zero-order valence-electron chi connectivity index (χ0n) is 19.4. The lowest BCUT2D eigenvalue weighted by Crippen LogP contribution is -2.17. The van der Waals surface area contributed by atoms with E-state index in [1.807, 2.05) is 48.7 Å². The summed E-state index contributed by atoms with van der Waals surface area (Å²) in [6.07, 6.45) is 1.52. The number of hydrogen-bond acceptors (Lipinski definition) is 7. The summed E-state index contributed by atoms with van der Waals surface area (Å²) in [7, 11) is 0. The number of hydrogen-bond donors (Lipinski definition) is 3. The molecule has 3 N–H and O–H groups in total. The van der Waals surface area contributed by atoms with Crippen molar-refractivity contribution in [2.45, 2.75) is 6.92 Å². The molecule has 0 bridgehead atoms. The first-order valence-electron chi connectivity index (χ1n) is 10.8. The molecule has 11 heteroatoms. The number of anilines is 2. The maximum atomic E-state index is 12.5. The van der Waals surface area contributed by atoms with Gasteiger partial charge in [-0.25, -0.2) is 15.2 Å². The van der Waals surface area contributed by atoms with Crippen molar-refractivity contribution < 1.29 is 19.4 Å². The minimum absolute atomic E-state index is 0.339. The molecule has 1 amide bonds. The van der Waals surface area contributed by atoms with E-state index >= 15 is 0 Å². The maximum Gasteiger partial charge on any atom is 0.341 e. The van der Waals surface area contributed by atoms with E-state index in [2.05, 4.69) is 66.0 Å². The molecule has 188 valence electrons. The van der Waals surface area contributed by atoms with Crippen molar-refractivity contribution >= 4 is 85.4 Å². The van der Waals surface area contributed by atoms with Crippen LogP contribution in [-0.2, 0) is 4.79 Å². The molecular weight excluding hydrogens is 718 g/mol. The van der Waals surface area contributed by atoms with Crippen molar-refractivity contribution in [3.05, 3.63) is 89.9 Å². The lowest BCUT2D eigenvalue weighted by Gasteiger charge is -2.09. The standard InChI is InChI=1S/C26H20I2N4O4S/c1-15-2-8-19(9-3-15)30-26-31-22(14-37-26)17-4-6-18(7-5-17)25(35)32-29-12-16-10-20(27)24(21(28)11-16)36-13-23(33)34/h2-12,14H,13H2,1H3,(H,30,31)(H,32,35)(H,33,34)/b29-12-. The van der Waals surface area contributed by atoms with Crippen LogP contribution in [0.3, 0.4) is 0 Å². The predicted molar refractivity (Wildman–Crippen MR) is 162 cm³/mol. The van der Waals surface area contributed by atoms with Gasteiger partial charge in [-0.1, -0.05) is 29.8 Å².